The van der Waals surface area contributed by atoms with Gasteiger partial charge in [0.2, 0.25) is 11.7 Å². The first-order valence-electron chi connectivity index (χ1n) is 11.6. The van der Waals surface area contributed by atoms with Crippen molar-refractivity contribution < 1.29 is 4.79 Å². The Morgan fingerprint density at radius 3 is 2.72 bits per heavy atom. The summed E-state index contributed by atoms with van der Waals surface area (Å²) in [5, 5.41) is 12.7. The zero-order valence-electron chi connectivity index (χ0n) is 19.7. The number of aromatic amines is 1. The molecule has 1 amide bonds. The number of imidazole rings is 1. The largest absolute Gasteiger partial charge is 0.345 e. The van der Waals surface area contributed by atoms with Crippen LogP contribution in [0.1, 0.15) is 25.2 Å². The highest BCUT2D eigenvalue weighted by atomic mass is 32.2. The van der Waals surface area contributed by atoms with E-state index in [1.54, 1.807) is 18.3 Å². The van der Waals surface area contributed by atoms with E-state index in [2.05, 4.69) is 32.1 Å². The molecule has 3 heterocycles. The van der Waals surface area contributed by atoms with E-state index in [0.717, 1.165) is 11.3 Å². The van der Waals surface area contributed by atoms with Gasteiger partial charge in [0.25, 0.3) is 5.56 Å². The molecule has 2 N–H and O–H groups in total. The number of hydrogen-bond donors (Lipinski definition) is 2. The Kier molecular flexibility index (Phi) is 6.68. The van der Waals surface area contributed by atoms with Crippen LogP contribution in [0.4, 0.5) is 0 Å². The van der Waals surface area contributed by atoms with Crippen LogP contribution in [0.5, 0.6) is 0 Å². The summed E-state index contributed by atoms with van der Waals surface area (Å²) in [7, 11) is 0. The van der Waals surface area contributed by atoms with Gasteiger partial charge in [-0.1, -0.05) is 67.2 Å². The van der Waals surface area contributed by atoms with E-state index in [9.17, 15) is 9.59 Å². The number of amides is 1. The molecule has 9 nitrogen and oxygen atoms in total. The molecule has 0 spiro atoms. The molecule has 10 heteroatoms. The molecule has 182 valence electrons. The number of thioether (sulfide) groups is 1. The first-order valence-corrected chi connectivity index (χ1v) is 12.6. The zero-order valence-corrected chi connectivity index (χ0v) is 20.5. The highest BCUT2D eigenvalue weighted by Crippen LogP contribution is 2.23. The number of nitrogens with zero attached hydrogens (tertiary/aromatic N) is 5. The van der Waals surface area contributed by atoms with E-state index in [1.165, 1.54) is 16.3 Å². The average Bonchev–Trinajstić information content (AvgIpc) is 3.57. The maximum absolute atomic E-state index is 12.9. The van der Waals surface area contributed by atoms with Crippen LogP contribution < -0.4 is 10.9 Å². The first kappa shape index (κ1) is 23.6. The Hall–Kier alpha value is -4.18. The lowest BCUT2D eigenvalue weighted by atomic mass is 10.2. The van der Waals surface area contributed by atoms with Crippen molar-refractivity contribution in [3.05, 3.63) is 89.6 Å². The average molecular weight is 500 g/mol. The molecule has 0 radical (unpaired) electrons. The van der Waals surface area contributed by atoms with Crippen molar-refractivity contribution in [2.75, 3.05) is 5.75 Å². The monoisotopic (exact) mass is 499 g/mol. The Balaban J connectivity index is 1.35. The van der Waals surface area contributed by atoms with Crippen LogP contribution in [0.3, 0.4) is 0 Å². The fraction of sp³-hybridized carbons (Fsp3) is 0.192. The maximum Gasteiger partial charge on any atom is 0.263 e. The van der Waals surface area contributed by atoms with Crippen molar-refractivity contribution >= 4 is 34.3 Å². The Labute approximate surface area is 211 Å². The summed E-state index contributed by atoms with van der Waals surface area (Å²) >= 11 is 1.27. The van der Waals surface area contributed by atoms with Crippen LogP contribution in [0.2, 0.25) is 0 Å². The number of rotatable bonds is 9. The van der Waals surface area contributed by atoms with Crippen LogP contribution in [0.15, 0.2) is 83.4 Å². The summed E-state index contributed by atoms with van der Waals surface area (Å²) in [5.41, 5.74) is 2.48. The lowest BCUT2D eigenvalue weighted by molar-refractivity contribution is -0.119. The number of allylic oxidation sites excluding steroid dienone is 1. The van der Waals surface area contributed by atoms with E-state index in [4.69, 9.17) is 0 Å². The van der Waals surface area contributed by atoms with Gasteiger partial charge in [0.1, 0.15) is 5.82 Å². The smallest absolute Gasteiger partial charge is 0.263 e. The number of carbonyl (C=O) groups is 1. The van der Waals surface area contributed by atoms with Crippen molar-refractivity contribution in [1.82, 2.24) is 34.4 Å². The van der Waals surface area contributed by atoms with Crippen LogP contribution in [-0.4, -0.2) is 40.8 Å². The number of fused-ring (bicyclic) bond motifs is 3. The van der Waals surface area contributed by atoms with Crippen LogP contribution in [0.25, 0.3) is 27.9 Å². The fourth-order valence-electron chi connectivity index (χ4n) is 4.13. The molecule has 0 saturated heterocycles. The third kappa shape index (κ3) is 4.42. The van der Waals surface area contributed by atoms with Gasteiger partial charge < -0.3 is 10.3 Å². The van der Waals surface area contributed by atoms with E-state index in [1.807, 2.05) is 59.9 Å². The quantitative estimate of drug-likeness (QED) is 0.235. The van der Waals surface area contributed by atoms with Crippen LogP contribution in [0, 0.1) is 0 Å². The van der Waals surface area contributed by atoms with Crippen molar-refractivity contribution in [2.45, 2.75) is 31.1 Å². The second-order valence-electron chi connectivity index (χ2n) is 8.20. The van der Waals surface area contributed by atoms with Gasteiger partial charge >= 0.3 is 0 Å². The zero-order chi connectivity index (χ0) is 25.1. The normalized spacial score (nSPS) is 12.1. The minimum absolute atomic E-state index is 0.137. The number of benzene rings is 2. The number of H-pyrrole nitrogens is 1. The standard InChI is InChI=1S/C26H25N7O2S/c1-3-14-32-24(35)18-12-8-9-13-21(18)33-25(32)30-31-26(33)36-16-22(34)28-19(4-2)23-27-15-20(29-23)17-10-6-5-7-11-17/h3,5-13,15,19H,1,4,14,16H2,2H3,(H,27,29)(H,28,34). The number of hydrogen-bond acceptors (Lipinski definition) is 6. The maximum atomic E-state index is 12.9. The second-order valence-corrected chi connectivity index (χ2v) is 9.15. The van der Waals surface area contributed by atoms with Gasteiger partial charge in [0, 0.05) is 6.54 Å². The van der Waals surface area contributed by atoms with E-state index in [0.29, 0.717) is 40.6 Å². The third-order valence-corrected chi connectivity index (χ3v) is 6.80. The number of carbonyl (C=O) groups excluding carboxylic acids is 1. The molecule has 1 unspecified atom stereocenters. The molecule has 0 bridgehead atoms. The number of para-hydroxylation sites is 1. The highest BCUT2D eigenvalue weighted by Gasteiger charge is 2.19. The summed E-state index contributed by atoms with van der Waals surface area (Å²) in [6.45, 7) is 6.05. The first-order chi connectivity index (χ1) is 17.6. The van der Waals surface area contributed by atoms with Gasteiger partial charge in [0.15, 0.2) is 5.16 Å². The molecular weight excluding hydrogens is 474 g/mol. The minimum Gasteiger partial charge on any atom is -0.345 e. The van der Waals surface area contributed by atoms with Crippen molar-refractivity contribution in [1.29, 1.82) is 0 Å². The van der Waals surface area contributed by atoms with Crippen molar-refractivity contribution in [3.63, 3.8) is 0 Å². The molecule has 0 saturated carbocycles. The molecular formula is C26H25N7O2S. The molecule has 36 heavy (non-hydrogen) atoms. The number of aromatic nitrogens is 6. The highest BCUT2D eigenvalue weighted by molar-refractivity contribution is 7.99. The van der Waals surface area contributed by atoms with Gasteiger partial charge in [-0.05, 0) is 24.1 Å². The molecule has 0 aliphatic heterocycles. The molecule has 0 aliphatic rings. The summed E-state index contributed by atoms with van der Waals surface area (Å²) < 4.78 is 3.34. The molecule has 2 aromatic carbocycles. The van der Waals surface area contributed by atoms with E-state index >= 15 is 0 Å². The Bertz CT molecular complexity index is 1600. The van der Waals surface area contributed by atoms with E-state index < -0.39 is 0 Å². The van der Waals surface area contributed by atoms with Gasteiger partial charge in [0.05, 0.1) is 34.6 Å². The fourth-order valence-corrected chi connectivity index (χ4v) is 4.88. The second kappa shape index (κ2) is 10.2. The van der Waals surface area contributed by atoms with Crippen molar-refractivity contribution in [2.24, 2.45) is 0 Å². The molecule has 5 rings (SSSR count). The summed E-state index contributed by atoms with van der Waals surface area (Å²) in [6.07, 6.45) is 4.11. The van der Waals surface area contributed by atoms with Gasteiger partial charge in [-0.25, -0.2) is 4.98 Å². The molecule has 5 aromatic rings. The SMILES string of the molecule is C=CCn1c(=O)c2ccccc2n2c(SCC(=O)NC(CC)c3ncc(-c4ccccc4)[nH]3)nnc12. The van der Waals surface area contributed by atoms with Gasteiger partial charge in [-0.3, -0.25) is 18.6 Å². The lowest BCUT2D eigenvalue weighted by Gasteiger charge is -2.14. The molecule has 0 fully saturated rings. The predicted octanol–water partition coefficient (Wildman–Crippen LogP) is 3.98. The van der Waals surface area contributed by atoms with Crippen LogP contribution >= 0.6 is 11.8 Å². The predicted molar refractivity (Wildman–Crippen MR) is 141 cm³/mol. The van der Waals surface area contributed by atoms with E-state index in [-0.39, 0.29) is 23.3 Å². The molecule has 0 aliphatic carbocycles. The summed E-state index contributed by atoms with van der Waals surface area (Å²) in [4.78, 5) is 33.6. The molecule has 3 aromatic heterocycles. The lowest BCUT2D eigenvalue weighted by Crippen LogP contribution is -2.30. The topological polar surface area (TPSA) is 110 Å². The summed E-state index contributed by atoms with van der Waals surface area (Å²) in [6, 6.07) is 17.0. The Morgan fingerprint density at radius 2 is 1.94 bits per heavy atom. The third-order valence-electron chi connectivity index (χ3n) is 5.88. The van der Waals surface area contributed by atoms with Crippen molar-refractivity contribution in [3.8, 4) is 11.3 Å². The van der Waals surface area contributed by atoms with Gasteiger partial charge in [-0.2, -0.15) is 0 Å². The Morgan fingerprint density at radius 1 is 1.17 bits per heavy atom. The van der Waals surface area contributed by atoms with Gasteiger partial charge in [-0.15, -0.1) is 16.8 Å². The minimum atomic E-state index is -0.246. The summed E-state index contributed by atoms with van der Waals surface area (Å²) in [5.74, 6) is 1.11. The molecule has 1 atom stereocenters. The van der Waals surface area contributed by atoms with Crippen LogP contribution in [-0.2, 0) is 11.3 Å². The number of nitrogens with one attached hydrogen (secondary N) is 2.